The number of carboxylic acid groups (broad SMARTS) is 2. The summed E-state index contributed by atoms with van der Waals surface area (Å²) in [4.78, 5) is 32.8. The van der Waals surface area contributed by atoms with E-state index in [1.807, 2.05) is 0 Å². The summed E-state index contributed by atoms with van der Waals surface area (Å²) in [7, 11) is 0. The Labute approximate surface area is 97.6 Å². The molecule has 2 atom stereocenters. The first-order valence-electron chi connectivity index (χ1n) is 5.15. The Bertz CT molecular complexity index is 388. The number of nitro groups is 1. The first kappa shape index (κ1) is 13.4. The molecule has 1 aliphatic carbocycles. The van der Waals surface area contributed by atoms with Crippen LogP contribution in [0.1, 0.15) is 33.6 Å². The lowest BCUT2D eigenvalue weighted by molar-refractivity contribution is -0.572. The van der Waals surface area contributed by atoms with Gasteiger partial charge in [0.25, 0.3) is 0 Å². The third-order valence-corrected chi connectivity index (χ3v) is 4.54. The second kappa shape index (κ2) is 3.41. The van der Waals surface area contributed by atoms with Crippen molar-refractivity contribution in [2.45, 2.75) is 39.2 Å². The fraction of sp³-hybridized carbons (Fsp3) is 0.800. The molecule has 1 fully saturated rings. The van der Waals surface area contributed by atoms with E-state index in [2.05, 4.69) is 0 Å². The summed E-state index contributed by atoms with van der Waals surface area (Å²) in [5, 5.41) is 29.5. The standard InChI is InChI=1S/C10H15NO6/c1-8(2)9(3,6(12)13)4-5-10(8,7(14)15)11(16)17/h4-5H2,1-3H3,(H,12,13)(H,14,15). The molecular weight excluding hydrogens is 230 g/mol. The van der Waals surface area contributed by atoms with E-state index in [4.69, 9.17) is 5.11 Å². The number of hydrogen-bond donors (Lipinski definition) is 2. The van der Waals surface area contributed by atoms with E-state index in [1.165, 1.54) is 20.8 Å². The number of nitrogens with zero attached hydrogens (tertiary/aromatic N) is 1. The van der Waals surface area contributed by atoms with Gasteiger partial charge in [-0.1, -0.05) is 13.8 Å². The van der Waals surface area contributed by atoms with Gasteiger partial charge in [0.1, 0.15) is 0 Å². The van der Waals surface area contributed by atoms with Crippen LogP contribution in [0.3, 0.4) is 0 Å². The van der Waals surface area contributed by atoms with Crippen LogP contribution < -0.4 is 0 Å². The van der Waals surface area contributed by atoms with E-state index < -0.39 is 33.2 Å². The largest absolute Gasteiger partial charge is 0.481 e. The van der Waals surface area contributed by atoms with Crippen molar-refractivity contribution in [1.82, 2.24) is 0 Å². The fourth-order valence-electron chi connectivity index (χ4n) is 2.66. The molecule has 0 bridgehead atoms. The molecule has 1 saturated carbocycles. The number of hydrogen-bond acceptors (Lipinski definition) is 4. The molecule has 0 amide bonds. The van der Waals surface area contributed by atoms with Crippen molar-refractivity contribution < 1.29 is 24.7 Å². The highest BCUT2D eigenvalue weighted by Crippen LogP contribution is 2.59. The molecule has 1 rings (SSSR count). The Morgan fingerprint density at radius 1 is 1.12 bits per heavy atom. The normalized spacial score (nSPS) is 35.5. The summed E-state index contributed by atoms with van der Waals surface area (Å²) < 4.78 is 0. The molecule has 0 heterocycles. The van der Waals surface area contributed by atoms with Crippen LogP contribution in [0.4, 0.5) is 0 Å². The average Bonchev–Trinajstić information content (AvgIpc) is 2.36. The van der Waals surface area contributed by atoms with Crippen LogP contribution in [-0.4, -0.2) is 32.6 Å². The summed E-state index contributed by atoms with van der Waals surface area (Å²) in [6, 6.07) is 0. The summed E-state index contributed by atoms with van der Waals surface area (Å²) >= 11 is 0. The van der Waals surface area contributed by atoms with Crippen molar-refractivity contribution in [3.05, 3.63) is 10.1 Å². The van der Waals surface area contributed by atoms with Crippen LogP contribution in [0.5, 0.6) is 0 Å². The van der Waals surface area contributed by atoms with Gasteiger partial charge in [0, 0.05) is 11.3 Å². The third kappa shape index (κ3) is 1.28. The zero-order valence-electron chi connectivity index (χ0n) is 9.89. The van der Waals surface area contributed by atoms with Gasteiger partial charge < -0.3 is 10.2 Å². The smallest absolute Gasteiger partial charge is 0.382 e. The van der Waals surface area contributed by atoms with E-state index in [9.17, 15) is 24.8 Å². The van der Waals surface area contributed by atoms with Crippen molar-refractivity contribution in [3.8, 4) is 0 Å². The van der Waals surface area contributed by atoms with Crippen LogP contribution in [0.15, 0.2) is 0 Å². The van der Waals surface area contributed by atoms with Crippen molar-refractivity contribution in [2.24, 2.45) is 10.8 Å². The van der Waals surface area contributed by atoms with E-state index in [1.54, 1.807) is 0 Å². The zero-order chi connectivity index (χ0) is 13.6. The van der Waals surface area contributed by atoms with Crippen LogP contribution >= 0.6 is 0 Å². The molecule has 0 aromatic rings. The molecule has 7 heteroatoms. The predicted octanol–water partition coefficient (Wildman–Crippen LogP) is 0.997. The van der Waals surface area contributed by atoms with Gasteiger partial charge in [0.2, 0.25) is 0 Å². The van der Waals surface area contributed by atoms with E-state index in [0.717, 1.165) is 0 Å². The van der Waals surface area contributed by atoms with Crippen LogP contribution in [0.2, 0.25) is 0 Å². The maximum absolute atomic E-state index is 11.3. The molecule has 0 aliphatic heterocycles. The molecule has 7 nitrogen and oxygen atoms in total. The van der Waals surface area contributed by atoms with Gasteiger partial charge in [-0.05, 0) is 13.3 Å². The monoisotopic (exact) mass is 245 g/mol. The maximum atomic E-state index is 11.3. The Kier molecular flexibility index (Phi) is 2.69. The molecule has 0 aromatic heterocycles. The summed E-state index contributed by atoms with van der Waals surface area (Å²) in [5.74, 6) is -2.77. The highest BCUT2D eigenvalue weighted by atomic mass is 16.6. The minimum absolute atomic E-state index is 0.0252. The van der Waals surface area contributed by atoms with E-state index in [-0.39, 0.29) is 12.8 Å². The van der Waals surface area contributed by atoms with Gasteiger partial charge in [0.15, 0.2) is 0 Å². The van der Waals surface area contributed by atoms with Gasteiger partial charge in [-0.25, -0.2) is 4.79 Å². The summed E-state index contributed by atoms with van der Waals surface area (Å²) in [5.41, 5.74) is -5.13. The second-order valence-electron chi connectivity index (χ2n) is 5.18. The zero-order valence-corrected chi connectivity index (χ0v) is 9.89. The highest BCUT2D eigenvalue weighted by Gasteiger charge is 2.75. The van der Waals surface area contributed by atoms with Gasteiger partial charge >= 0.3 is 17.5 Å². The molecule has 2 N–H and O–H groups in total. The van der Waals surface area contributed by atoms with Gasteiger partial charge in [0.05, 0.1) is 10.8 Å². The van der Waals surface area contributed by atoms with Crippen molar-refractivity contribution in [1.29, 1.82) is 0 Å². The van der Waals surface area contributed by atoms with Gasteiger partial charge in [-0.3, -0.25) is 14.9 Å². The summed E-state index contributed by atoms with van der Waals surface area (Å²) in [6.45, 7) is 4.04. The Balaban J connectivity index is 3.47. The number of carbonyl (C=O) groups is 2. The van der Waals surface area contributed by atoms with Crippen LogP contribution in [-0.2, 0) is 9.59 Å². The molecule has 0 spiro atoms. The Hall–Kier alpha value is -1.66. The summed E-state index contributed by atoms with van der Waals surface area (Å²) in [6.07, 6.45) is -0.298. The first-order valence-corrected chi connectivity index (χ1v) is 5.15. The van der Waals surface area contributed by atoms with E-state index >= 15 is 0 Å². The molecular formula is C10H15NO6. The predicted molar refractivity (Wildman–Crippen MR) is 56.1 cm³/mol. The topological polar surface area (TPSA) is 118 Å². The van der Waals surface area contributed by atoms with Crippen LogP contribution in [0.25, 0.3) is 0 Å². The molecule has 0 saturated heterocycles. The SMILES string of the molecule is CC1(C(=O)O)CCC(C(=O)O)([N+](=O)[O-])C1(C)C. The highest BCUT2D eigenvalue weighted by molar-refractivity contribution is 5.84. The van der Waals surface area contributed by atoms with Crippen molar-refractivity contribution >= 4 is 11.9 Å². The molecule has 0 aromatic carbocycles. The van der Waals surface area contributed by atoms with Gasteiger partial charge in [-0.15, -0.1) is 0 Å². The quantitative estimate of drug-likeness (QED) is 0.565. The van der Waals surface area contributed by atoms with Crippen molar-refractivity contribution in [2.75, 3.05) is 0 Å². The van der Waals surface area contributed by atoms with Crippen molar-refractivity contribution in [3.63, 3.8) is 0 Å². The molecule has 2 unspecified atom stereocenters. The van der Waals surface area contributed by atoms with Crippen LogP contribution in [0, 0.1) is 20.9 Å². The Morgan fingerprint density at radius 2 is 1.59 bits per heavy atom. The minimum Gasteiger partial charge on any atom is -0.481 e. The number of aliphatic carboxylic acids is 2. The lowest BCUT2D eigenvalue weighted by atomic mass is 9.62. The molecule has 1 aliphatic rings. The fourth-order valence-corrected chi connectivity index (χ4v) is 2.66. The molecule has 17 heavy (non-hydrogen) atoms. The Morgan fingerprint density at radius 3 is 1.76 bits per heavy atom. The molecule has 96 valence electrons. The van der Waals surface area contributed by atoms with E-state index in [0.29, 0.717) is 0 Å². The lowest BCUT2D eigenvalue weighted by Gasteiger charge is -2.38. The number of rotatable bonds is 3. The average molecular weight is 245 g/mol. The first-order chi connectivity index (χ1) is 7.54. The molecule has 0 radical (unpaired) electrons. The number of carboxylic acids is 2. The third-order valence-electron chi connectivity index (χ3n) is 4.54. The van der Waals surface area contributed by atoms with Gasteiger partial charge in [-0.2, -0.15) is 0 Å². The lowest BCUT2D eigenvalue weighted by Crippen LogP contribution is -2.59. The minimum atomic E-state index is -2.24. The maximum Gasteiger partial charge on any atom is 0.382 e. The second-order valence-corrected chi connectivity index (χ2v) is 5.18.